The second-order valence-corrected chi connectivity index (χ2v) is 5.42. The van der Waals surface area contributed by atoms with E-state index in [-0.39, 0.29) is 19.6 Å². The molecule has 7 heteroatoms. The molecule has 1 aromatic heterocycles. The normalized spacial score (nSPS) is 13.4. The predicted molar refractivity (Wildman–Crippen MR) is 82.3 cm³/mol. The molecule has 0 radical (unpaired) electrons. The van der Waals surface area contributed by atoms with E-state index in [2.05, 4.69) is 10.3 Å². The molecule has 0 saturated carbocycles. The van der Waals surface area contributed by atoms with Crippen LogP contribution in [0.15, 0.2) is 41.2 Å². The summed E-state index contributed by atoms with van der Waals surface area (Å²) in [5.41, 5.74) is 2.92. The molecule has 0 saturated heterocycles. The molecule has 22 heavy (non-hydrogen) atoms. The SMILES string of the molecule is O=C(NCCC(O)C(O)c1cscn1)OCc1ccccc1. The summed E-state index contributed by atoms with van der Waals surface area (Å²) in [5.74, 6) is 0. The summed E-state index contributed by atoms with van der Waals surface area (Å²) < 4.78 is 5.04. The number of nitrogens with zero attached hydrogens (tertiary/aromatic N) is 1. The number of hydrogen-bond acceptors (Lipinski definition) is 6. The molecule has 2 rings (SSSR count). The van der Waals surface area contributed by atoms with Crippen molar-refractivity contribution >= 4 is 17.4 Å². The highest BCUT2D eigenvalue weighted by Gasteiger charge is 2.19. The molecule has 2 aromatic rings. The summed E-state index contributed by atoms with van der Waals surface area (Å²) in [5, 5.41) is 23.9. The predicted octanol–water partition coefficient (Wildman–Crippen LogP) is 1.85. The van der Waals surface area contributed by atoms with Crippen molar-refractivity contribution in [2.45, 2.75) is 25.2 Å². The lowest BCUT2D eigenvalue weighted by molar-refractivity contribution is 0.0115. The molecular weight excluding hydrogens is 304 g/mol. The molecule has 3 N–H and O–H groups in total. The summed E-state index contributed by atoms with van der Waals surface area (Å²) in [6, 6.07) is 9.35. The van der Waals surface area contributed by atoms with Crippen molar-refractivity contribution in [1.82, 2.24) is 10.3 Å². The van der Waals surface area contributed by atoms with E-state index in [0.29, 0.717) is 5.69 Å². The smallest absolute Gasteiger partial charge is 0.407 e. The van der Waals surface area contributed by atoms with Gasteiger partial charge in [-0.1, -0.05) is 30.3 Å². The zero-order valence-electron chi connectivity index (χ0n) is 11.9. The summed E-state index contributed by atoms with van der Waals surface area (Å²) in [6.07, 6.45) is -2.39. The average molecular weight is 322 g/mol. The Kier molecular flexibility index (Phi) is 6.32. The van der Waals surface area contributed by atoms with Crippen molar-refractivity contribution in [3.63, 3.8) is 0 Å². The van der Waals surface area contributed by atoms with E-state index in [1.165, 1.54) is 11.3 Å². The number of amides is 1. The van der Waals surface area contributed by atoms with Crippen LogP contribution in [0.3, 0.4) is 0 Å². The minimum absolute atomic E-state index is 0.191. The van der Waals surface area contributed by atoms with Crippen LogP contribution in [0.2, 0.25) is 0 Å². The monoisotopic (exact) mass is 322 g/mol. The molecule has 1 heterocycles. The van der Waals surface area contributed by atoms with Gasteiger partial charge in [-0.15, -0.1) is 11.3 Å². The van der Waals surface area contributed by atoms with Crippen LogP contribution >= 0.6 is 11.3 Å². The Morgan fingerprint density at radius 3 is 2.77 bits per heavy atom. The van der Waals surface area contributed by atoms with Gasteiger partial charge >= 0.3 is 6.09 Å². The molecule has 118 valence electrons. The maximum absolute atomic E-state index is 11.5. The van der Waals surface area contributed by atoms with Crippen molar-refractivity contribution < 1.29 is 19.7 Å². The number of carbonyl (C=O) groups excluding carboxylic acids is 1. The van der Waals surface area contributed by atoms with Crippen LogP contribution in [0.25, 0.3) is 0 Å². The van der Waals surface area contributed by atoms with Crippen molar-refractivity contribution in [3.8, 4) is 0 Å². The van der Waals surface area contributed by atoms with E-state index >= 15 is 0 Å². The molecule has 0 aliphatic rings. The van der Waals surface area contributed by atoms with Crippen LogP contribution in [0.1, 0.15) is 23.8 Å². The Balaban J connectivity index is 1.64. The van der Waals surface area contributed by atoms with Crippen molar-refractivity contribution in [2.75, 3.05) is 6.54 Å². The zero-order valence-corrected chi connectivity index (χ0v) is 12.7. The number of alkyl carbamates (subject to hydrolysis) is 1. The molecule has 0 aliphatic heterocycles. The molecule has 2 atom stereocenters. The highest BCUT2D eigenvalue weighted by Crippen LogP contribution is 2.18. The minimum Gasteiger partial charge on any atom is -0.445 e. The Morgan fingerprint density at radius 1 is 1.32 bits per heavy atom. The van der Waals surface area contributed by atoms with Gasteiger partial charge in [-0.05, 0) is 12.0 Å². The standard InChI is InChI=1S/C15H18N2O4S/c18-13(14(19)12-9-22-10-17-12)6-7-16-15(20)21-8-11-4-2-1-3-5-11/h1-5,9-10,13-14,18-19H,6-8H2,(H,16,20). The second kappa shape index (κ2) is 8.47. The Labute approximate surface area is 132 Å². The fourth-order valence-electron chi connectivity index (χ4n) is 1.82. The van der Waals surface area contributed by atoms with Gasteiger partial charge in [-0.2, -0.15) is 0 Å². The molecule has 0 bridgehead atoms. The Bertz CT molecular complexity index is 562. The van der Waals surface area contributed by atoms with Crippen LogP contribution in [0.5, 0.6) is 0 Å². The van der Waals surface area contributed by atoms with E-state index in [0.717, 1.165) is 5.56 Å². The Hall–Kier alpha value is -1.96. The van der Waals surface area contributed by atoms with Gasteiger partial charge in [0.25, 0.3) is 0 Å². The van der Waals surface area contributed by atoms with Crippen molar-refractivity contribution in [2.24, 2.45) is 0 Å². The van der Waals surface area contributed by atoms with Gasteiger partial charge in [0.05, 0.1) is 17.3 Å². The number of rotatable bonds is 7. The van der Waals surface area contributed by atoms with Gasteiger partial charge in [0.15, 0.2) is 0 Å². The average Bonchev–Trinajstić information content (AvgIpc) is 3.07. The van der Waals surface area contributed by atoms with Gasteiger partial charge in [-0.3, -0.25) is 0 Å². The summed E-state index contributed by atoms with van der Waals surface area (Å²) in [7, 11) is 0. The molecule has 6 nitrogen and oxygen atoms in total. The summed E-state index contributed by atoms with van der Waals surface area (Å²) >= 11 is 1.35. The molecule has 0 fully saturated rings. The van der Waals surface area contributed by atoms with Gasteiger partial charge in [-0.25, -0.2) is 9.78 Å². The lowest BCUT2D eigenvalue weighted by Crippen LogP contribution is -2.29. The summed E-state index contributed by atoms with van der Waals surface area (Å²) in [6.45, 7) is 0.395. The first kappa shape index (κ1) is 16.4. The molecular formula is C15H18N2O4S. The number of nitrogens with one attached hydrogen (secondary N) is 1. The Morgan fingerprint density at radius 2 is 2.09 bits per heavy atom. The molecule has 1 aromatic carbocycles. The first-order valence-electron chi connectivity index (χ1n) is 6.85. The maximum Gasteiger partial charge on any atom is 0.407 e. The largest absolute Gasteiger partial charge is 0.445 e. The van der Waals surface area contributed by atoms with Gasteiger partial charge < -0.3 is 20.3 Å². The first-order chi connectivity index (χ1) is 10.7. The van der Waals surface area contributed by atoms with Crippen LogP contribution < -0.4 is 5.32 Å². The highest BCUT2D eigenvalue weighted by atomic mass is 32.1. The van der Waals surface area contributed by atoms with E-state index in [4.69, 9.17) is 4.74 Å². The third kappa shape index (κ3) is 5.10. The number of hydrogen-bond donors (Lipinski definition) is 3. The zero-order chi connectivity index (χ0) is 15.8. The topological polar surface area (TPSA) is 91.7 Å². The van der Waals surface area contributed by atoms with E-state index in [1.54, 1.807) is 10.9 Å². The second-order valence-electron chi connectivity index (χ2n) is 4.70. The number of benzene rings is 1. The third-order valence-electron chi connectivity index (χ3n) is 3.04. The summed E-state index contributed by atoms with van der Waals surface area (Å²) in [4.78, 5) is 15.4. The van der Waals surface area contributed by atoms with Gasteiger partial charge in [0.1, 0.15) is 12.7 Å². The minimum atomic E-state index is -1.05. The lowest BCUT2D eigenvalue weighted by Gasteiger charge is -2.16. The number of aromatic nitrogens is 1. The van der Waals surface area contributed by atoms with E-state index in [9.17, 15) is 15.0 Å². The fourth-order valence-corrected chi connectivity index (χ4v) is 2.40. The van der Waals surface area contributed by atoms with Crippen LogP contribution in [-0.4, -0.2) is 33.9 Å². The number of aliphatic hydroxyl groups is 2. The maximum atomic E-state index is 11.5. The molecule has 0 aliphatic carbocycles. The van der Waals surface area contributed by atoms with Gasteiger partial charge in [0.2, 0.25) is 0 Å². The third-order valence-corrected chi connectivity index (χ3v) is 3.65. The lowest BCUT2D eigenvalue weighted by atomic mass is 10.1. The fraction of sp³-hybridized carbons (Fsp3) is 0.333. The highest BCUT2D eigenvalue weighted by molar-refractivity contribution is 7.07. The number of aliphatic hydroxyl groups excluding tert-OH is 2. The van der Waals surface area contributed by atoms with Gasteiger partial charge in [0, 0.05) is 11.9 Å². The van der Waals surface area contributed by atoms with E-state index < -0.39 is 18.3 Å². The number of ether oxygens (including phenoxy) is 1. The van der Waals surface area contributed by atoms with Crippen LogP contribution in [-0.2, 0) is 11.3 Å². The quantitative estimate of drug-likeness (QED) is 0.723. The number of carbonyl (C=O) groups is 1. The van der Waals surface area contributed by atoms with E-state index in [1.807, 2.05) is 30.3 Å². The van der Waals surface area contributed by atoms with Crippen LogP contribution in [0.4, 0.5) is 4.79 Å². The molecule has 0 spiro atoms. The first-order valence-corrected chi connectivity index (χ1v) is 7.80. The van der Waals surface area contributed by atoms with Crippen LogP contribution in [0, 0.1) is 0 Å². The van der Waals surface area contributed by atoms with Crippen molar-refractivity contribution in [1.29, 1.82) is 0 Å². The molecule has 1 amide bonds. The van der Waals surface area contributed by atoms with Crippen molar-refractivity contribution in [3.05, 3.63) is 52.5 Å². The molecule has 2 unspecified atom stereocenters. The number of thiazole rings is 1.